The van der Waals surface area contributed by atoms with Crippen molar-refractivity contribution >= 4 is 29.1 Å². The van der Waals surface area contributed by atoms with Gasteiger partial charge in [-0.05, 0) is 36.4 Å². The largest absolute Gasteiger partial charge is 0.459 e. The number of aromatic nitrogens is 4. The number of benzene rings is 3. The standard InChI is InChI=1S/C31H24N4O9/c36-26-22-25(33-31(40)34-26)35(17-32-22)27-24(44-30(39)20-14-8-3-9-15-20)23(43-29(38)19-12-6-2-7-13-19)21(42-27)16-41-28(37)18-10-4-1-5-11-18/h1-15,17,21,23-24,27H,16H2,(H2,33,34,36,40)/t21-,23+,24-,27+/m0/s1. The Morgan fingerprint density at radius 1 is 0.727 bits per heavy atom. The van der Waals surface area contributed by atoms with E-state index in [0.29, 0.717) is 0 Å². The van der Waals surface area contributed by atoms with E-state index in [2.05, 4.69) is 15.0 Å². The first-order valence-electron chi connectivity index (χ1n) is 13.5. The van der Waals surface area contributed by atoms with Crippen molar-refractivity contribution in [3.05, 3.63) is 135 Å². The molecule has 13 heteroatoms. The van der Waals surface area contributed by atoms with Gasteiger partial charge in [0.05, 0.1) is 23.0 Å². The Balaban J connectivity index is 1.39. The van der Waals surface area contributed by atoms with Crippen LogP contribution in [-0.4, -0.2) is 62.3 Å². The Hall–Kier alpha value is -5.82. The molecule has 0 radical (unpaired) electrons. The fraction of sp³-hybridized carbons (Fsp3) is 0.161. The van der Waals surface area contributed by atoms with Crippen molar-refractivity contribution in [2.45, 2.75) is 24.5 Å². The number of carbonyl (C=O) groups excluding carboxylic acids is 3. The molecule has 2 N–H and O–H groups in total. The number of fused-ring (bicyclic) bond motifs is 1. The number of carbonyl (C=O) groups is 3. The van der Waals surface area contributed by atoms with Gasteiger partial charge in [-0.15, -0.1) is 0 Å². The quantitative estimate of drug-likeness (QED) is 0.200. The van der Waals surface area contributed by atoms with Crippen molar-refractivity contribution in [1.29, 1.82) is 0 Å². The van der Waals surface area contributed by atoms with E-state index in [4.69, 9.17) is 18.9 Å². The lowest BCUT2D eigenvalue weighted by molar-refractivity contribution is -0.0606. The van der Waals surface area contributed by atoms with Gasteiger partial charge in [0.1, 0.15) is 18.4 Å². The zero-order valence-corrected chi connectivity index (χ0v) is 22.8. The van der Waals surface area contributed by atoms with Crippen molar-refractivity contribution in [2.75, 3.05) is 6.61 Å². The van der Waals surface area contributed by atoms with Crippen LogP contribution in [0.2, 0.25) is 0 Å². The molecule has 2 aromatic heterocycles. The Kier molecular flexibility index (Phi) is 7.84. The highest BCUT2D eigenvalue weighted by molar-refractivity contribution is 5.91. The summed E-state index contributed by atoms with van der Waals surface area (Å²) in [5, 5.41) is 0. The van der Waals surface area contributed by atoms with Crippen LogP contribution in [0.15, 0.2) is 107 Å². The number of ether oxygens (including phenoxy) is 4. The molecule has 44 heavy (non-hydrogen) atoms. The van der Waals surface area contributed by atoms with Gasteiger partial charge in [-0.2, -0.15) is 0 Å². The molecule has 3 heterocycles. The van der Waals surface area contributed by atoms with Crippen molar-refractivity contribution in [3.63, 3.8) is 0 Å². The van der Waals surface area contributed by atoms with Crippen molar-refractivity contribution < 1.29 is 33.3 Å². The van der Waals surface area contributed by atoms with Crippen LogP contribution in [0.1, 0.15) is 37.3 Å². The normalized spacial score (nSPS) is 19.4. The molecular formula is C31H24N4O9. The second-order valence-corrected chi connectivity index (χ2v) is 9.76. The number of aromatic amines is 2. The molecule has 1 saturated heterocycles. The van der Waals surface area contributed by atoms with Gasteiger partial charge in [0.15, 0.2) is 24.0 Å². The van der Waals surface area contributed by atoms with Gasteiger partial charge < -0.3 is 18.9 Å². The average molecular weight is 597 g/mol. The Bertz CT molecular complexity index is 1920. The SMILES string of the molecule is O=C(OC[C@@H]1O[C@@H](n2cnc3c(=O)[nH]c(=O)[nH]c32)[C@@H](OC(=O)c2ccccc2)[C@@H]1OC(=O)c1ccccc1)c1ccccc1. The summed E-state index contributed by atoms with van der Waals surface area (Å²) >= 11 is 0. The Morgan fingerprint density at radius 2 is 1.25 bits per heavy atom. The number of rotatable bonds is 8. The molecule has 3 aromatic carbocycles. The maximum atomic E-state index is 13.3. The van der Waals surface area contributed by atoms with Crippen LogP contribution in [0.3, 0.4) is 0 Å². The summed E-state index contributed by atoms with van der Waals surface area (Å²) in [5.41, 5.74) is -0.993. The van der Waals surface area contributed by atoms with Crippen molar-refractivity contribution in [2.24, 2.45) is 0 Å². The molecule has 0 bridgehead atoms. The lowest BCUT2D eigenvalue weighted by atomic mass is 10.1. The lowest BCUT2D eigenvalue weighted by Crippen LogP contribution is -2.41. The van der Waals surface area contributed by atoms with Crippen LogP contribution in [0.5, 0.6) is 0 Å². The summed E-state index contributed by atoms with van der Waals surface area (Å²) in [6.07, 6.45) is -3.87. The van der Waals surface area contributed by atoms with Crippen LogP contribution in [0.4, 0.5) is 0 Å². The molecular weight excluding hydrogens is 572 g/mol. The number of hydrogen-bond acceptors (Lipinski definition) is 10. The first-order valence-corrected chi connectivity index (χ1v) is 13.5. The van der Waals surface area contributed by atoms with Gasteiger partial charge in [0.25, 0.3) is 5.56 Å². The molecule has 13 nitrogen and oxygen atoms in total. The van der Waals surface area contributed by atoms with Gasteiger partial charge in [-0.3, -0.25) is 19.3 Å². The second-order valence-electron chi connectivity index (χ2n) is 9.76. The van der Waals surface area contributed by atoms with E-state index in [1.54, 1.807) is 91.0 Å². The summed E-state index contributed by atoms with van der Waals surface area (Å²) in [4.78, 5) is 72.6. The number of hydrogen-bond donors (Lipinski definition) is 2. The highest BCUT2D eigenvalue weighted by Gasteiger charge is 2.51. The second kappa shape index (κ2) is 12.2. The fourth-order valence-electron chi connectivity index (χ4n) is 4.83. The number of nitrogens with zero attached hydrogens (tertiary/aromatic N) is 2. The molecule has 222 valence electrons. The van der Waals surface area contributed by atoms with Gasteiger partial charge in [-0.25, -0.2) is 24.2 Å². The van der Waals surface area contributed by atoms with Gasteiger partial charge in [0.2, 0.25) is 0 Å². The monoisotopic (exact) mass is 596 g/mol. The minimum atomic E-state index is -1.35. The zero-order valence-electron chi connectivity index (χ0n) is 22.8. The van der Waals surface area contributed by atoms with Crippen LogP contribution in [0, 0.1) is 0 Å². The first-order chi connectivity index (χ1) is 21.4. The predicted octanol–water partition coefficient (Wildman–Crippen LogP) is 2.62. The summed E-state index contributed by atoms with van der Waals surface area (Å²) < 4.78 is 24.8. The fourth-order valence-corrected chi connectivity index (χ4v) is 4.83. The maximum Gasteiger partial charge on any atom is 0.338 e. The Morgan fingerprint density at radius 3 is 1.82 bits per heavy atom. The average Bonchev–Trinajstić information content (AvgIpc) is 3.62. The molecule has 5 aromatic rings. The number of H-pyrrole nitrogens is 2. The predicted molar refractivity (Wildman–Crippen MR) is 153 cm³/mol. The van der Waals surface area contributed by atoms with E-state index in [1.165, 1.54) is 10.9 Å². The lowest BCUT2D eigenvalue weighted by Gasteiger charge is -2.25. The summed E-state index contributed by atoms with van der Waals surface area (Å²) in [7, 11) is 0. The van der Waals surface area contributed by atoms with E-state index in [1.807, 2.05) is 0 Å². The van der Waals surface area contributed by atoms with E-state index >= 15 is 0 Å². The molecule has 0 spiro atoms. The van der Waals surface area contributed by atoms with E-state index in [-0.39, 0.29) is 27.9 Å². The number of nitrogens with one attached hydrogen (secondary N) is 2. The summed E-state index contributed by atoms with van der Waals surface area (Å²) in [5.74, 6) is -2.17. The third-order valence-electron chi connectivity index (χ3n) is 6.92. The Labute approximate surface area is 248 Å². The highest BCUT2D eigenvalue weighted by atomic mass is 16.7. The molecule has 0 unspecified atom stereocenters. The van der Waals surface area contributed by atoms with Crippen molar-refractivity contribution in [1.82, 2.24) is 19.5 Å². The highest BCUT2D eigenvalue weighted by Crippen LogP contribution is 2.36. The number of imidazole rings is 1. The minimum absolute atomic E-state index is 0.0282. The van der Waals surface area contributed by atoms with E-state index < -0.39 is 60.3 Å². The summed E-state index contributed by atoms with van der Waals surface area (Å²) in [6, 6.07) is 24.5. The van der Waals surface area contributed by atoms with E-state index in [9.17, 15) is 24.0 Å². The van der Waals surface area contributed by atoms with Crippen LogP contribution < -0.4 is 11.2 Å². The molecule has 6 rings (SSSR count). The van der Waals surface area contributed by atoms with Gasteiger partial charge in [-0.1, -0.05) is 54.6 Å². The molecule has 0 aliphatic carbocycles. The van der Waals surface area contributed by atoms with Gasteiger partial charge >= 0.3 is 23.6 Å². The van der Waals surface area contributed by atoms with Crippen LogP contribution >= 0.6 is 0 Å². The van der Waals surface area contributed by atoms with Crippen LogP contribution in [-0.2, 0) is 18.9 Å². The minimum Gasteiger partial charge on any atom is -0.459 e. The smallest absolute Gasteiger partial charge is 0.338 e. The first kappa shape index (κ1) is 28.3. The molecule has 1 fully saturated rings. The van der Waals surface area contributed by atoms with Crippen molar-refractivity contribution in [3.8, 4) is 0 Å². The number of esters is 3. The molecule has 0 saturated carbocycles. The zero-order chi connectivity index (χ0) is 30.6. The van der Waals surface area contributed by atoms with Crippen LogP contribution in [0.25, 0.3) is 11.2 Å². The molecule has 1 aliphatic rings. The molecule has 0 amide bonds. The third-order valence-corrected chi connectivity index (χ3v) is 6.92. The third kappa shape index (κ3) is 5.76. The maximum absolute atomic E-state index is 13.3. The molecule has 1 aliphatic heterocycles. The van der Waals surface area contributed by atoms with Gasteiger partial charge in [0, 0.05) is 0 Å². The topological polar surface area (TPSA) is 172 Å². The molecule has 4 atom stereocenters. The summed E-state index contributed by atoms with van der Waals surface area (Å²) in [6.45, 7) is -0.403. The van der Waals surface area contributed by atoms with E-state index in [0.717, 1.165) is 0 Å².